The largest absolute Gasteiger partial charge is 0.489 e. The first-order valence-electron chi connectivity index (χ1n) is 8.07. The SMILES string of the molecule is CN1CCN(Cc2ccc(Br)cc2OCc2ccccc2)CC1. The van der Waals surface area contributed by atoms with Crippen molar-refractivity contribution in [2.45, 2.75) is 13.2 Å². The molecule has 3 nitrogen and oxygen atoms in total. The van der Waals surface area contributed by atoms with E-state index in [9.17, 15) is 0 Å². The van der Waals surface area contributed by atoms with Gasteiger partial charge in [-0.15, -0.1) is 0 Å². The third kappa shape index (κ3) is 4.80. The first-order valence-corrected chi connectivity index (χ1v) is 8.86. The quantitative estimate of drug-likeness (QED) is 0.791. The fourth-order valence-corrected chi connectivity index (χ4v) is 3.12. The summed E-state index contributed by atoms with van der Waals surface area (Å²) in [6, 6.07) is 16.7. The summed E-state index contributed by atoms with van der Waals surface area (Å²) in [7, 11) is 2.19. The van der Waals surface area contributed by atoms with Crippen LogP contribution < -0.4 is 4.74 Å². The number of piperazine rings is 1. The summed E-state index contributed by atoms with van der Waals surface area (Å²) in [5, 5.41) is 0. The summed E-state index contributed by atoms with van der Waals surface area (Å²) in [4.78, 5) is 4.88. The molecule has 23 heavy (non-hydrogen) atoms. The summed E-state index contributed by atoms with van der Waals surface area (Å²) in [5.41, 5.74) is 2.45. The maximum absolute atomic E-state index is 6.10. The fraction of sp³-hybridized carbons (Fsp3) is 0.368. The molecule has 2 aromatic rings. The van der Waals surface area contributed by atoms with Crippen LogP contribution in [0.5, 0.6) is 5.75 Å². The predicted molar refractivity (Wildman–Crippen MR) is 97.7 cm³/mol. The van der Waals surface area contributed by atoms with E-state index in [-0.39, 0.29) is 0 Å². The van der Waals surface area contributed by atoms with Crippen molar-refractivity contribution in [3.63, 3.8) is 0 Å². The zero-order valence-corrected chi connectivity index (χ0v) is 15.1. The van der Waals surface area contributed by atoms with E-state index in [0.29, 0.717) is 6.61 Å². The van der Waals surface area contributed by atoms with Crippen LogP contribution in [0.15, 0.2) is 53.0 Å². The van der Waals surface area contributed by atoms with Crippen molar-refractivity contribution in [1.29, 1.82) is 0 Å². The third-order valence-corrected chi connectivity index (χ3v) is 4.75. The molecule has 1 heterocycles. The highest BCUT2D eigenvalue weighted by molar-refractivity contribution is 9.10. The monoisotopic (exact) mass is 374 g/mol. The molecule has 0 atom stereocenters. The van der Waals surface area contributed by atoms with Crippen LogP contribution in [-0.4, -0.2) is 43.0 Å². The van der Waals surface area contributed by atoms with Crippen molar-refractivity contribution in [2.24, 2.45) is 0 Å². The second-order valence-corrected chi connectivity index (χ2v) is 7.02. The van der Waals surface area contributed by atoms with E-state index in [0.717, 1.165) is 42.9 Å². The number of halogens is 1. The van der Waals surface area contributed by atoms with Crippen molar-refractivity contribution in [1.82, 2.24) is 9.80 Å². The van der Waals surface area contributed by atoms with Crippen LogP contribution in [0, 0.1) is 0 Å². The Morgan fingerprint density at radius 3 is 2.48 bits per heavy atom. The van der Waals surface area contributed by atoms with Gasteiger partial charge in [-0.1, -0.05) is 52.3 Å². The van der Waals surface area contributed by atoms with Crippen LogP contribution >= 0.6 is 15.9 Å². The predicted octanol–water partition coefficient (Wildman–Crippen LogP) is 3.78. The number of nitrogens with zero attached hydrogens (tertiary/aromatic N) is 2. The first-order chi connectivity index (χ1) is 11.2. The second-order valence-electron chi connectivity index (χ2n) is 6.11. The number of likely N-dealkylation sites (N-methyl/N-ethyl adjacent to an activating group) is 1. The zero-order valence-electron chi connectivity index (χ0n) is 13.5. The maximum atomic E-state index is 6.10. The molecule has 1 saturated heterocycles. The van der Waals surface area contributed by atoms with E-state index in [1.165, 1.54) is 11.1 Å². The topological polar surface area (TPSA) is 15.7 Å². The summed E-state index contributed by atoms with van der Waals surface area (Å²) >= 11 is 3.56. The smallest absolute Gasteiger partial charge is 0.125 e. The number of benzene rings is 2. The Bertz CT molecular complexity index is 625. The third-order valence-electron chi connectivity index (χ3n) is 4.26. The zero-order chi connectivity index (χ0) is 16.1. The number of ether oxygens (including phenoxy) is 1. The second kappa shape index (κ2) is 7.95. The molecule has 1 fully saturated rings. The lowest BCUT2D eigenvalue weighted by molar-refractivity contribution is 0.146. The molecule has 2 aromatic carbocycles. The molecule has 0 aromatic heterocycles. The molecule has 3 rings (SSSR count). The van der Waals surface area contributed by atoms with E-state index in [1.54, 1.807) is 0 Å². The van der Waals surface area contributed by atoms with Gasteiger partial charge in [0.15, 0.2) is 0 Å². The highest BCUT2D eigenvalue weighted by atomic mass is 79.9. The van der Waals surface area contributed by atoms with Crippen LogP contribution in [0.25, 0.3) is 0 Å². The molecule has 0 spiro atoms. The van der Waals surface area contributed by atoms with Gasteiger partial charge in [0.2, 0.25) is 0 Å². The van der Waals surface area contributed by atoms with Gasteiger partial charge in [-0.2, -0.15) is 0 Å². The van der Waals surface area contributed by atoms with Gasteiger partial charge >= 0.3 is 0 Å². The summed E-state index contributed by atoms with van der Waals surface area (Å²) < 4.78 is 7.16. The molecule has 4 heteroatoms. The molecule has 0 amide bonds. The minimum absolute atomic E-state index is 0.604. The lowest BCUT2D eigenvalue weighted by Crippen LogP contribution is -2.43. The normalized spacial score (nSPS) is 16.4. The molecule has 0 unspecified atom stereocenters. The average molecular weight is 375 g/mol. The molecule has 0 bridgehead atoms. The van der Waals surface area contributed by atoms with E-state index in [1.807, 2.05) is 18.2 Å². The van der Waals surface area contributed by atoms with Gasteiger partial charge in [0.1, 0.15) is 12.4 Å². The van der Waals surface area contributed by atoms with Crippen LogP contribution in [0.1, 0.15) is 11.1 Å². The molecule has 0 N–H and O–H groups in total. The van der Waals surface area contributed by atoms with Crippen molar-refractivity contribution >= 4 is 15.9 Å². The lowest BCUT2D eigenvalue weighted by Gasteiger charge is -2.32. The van der Waals surface area contributed by atoms with Gasteiger partial charge in [0.05, 0.1) is 0 Å². The standard InChI is InChI=1S/C19H23BrN2O/c1-21-9-11-22(12-10-21)14-17-7-8-18(20)13-19(17)23-15-16-5-3-2-4-6-16/h2-8,13H,9-12,14-15H2,1H3. The molecule has 1 aliphatic heterocycles. The van der Waals surface area contributed by atoms with E-state index < -0.39 is 0 Å². The highest BCUT2D eigenvalue weighted by Crippen LogP contribution is 2.26. The molecular formula is C19H23BrN2O. The Kier molecular flexibility index (Phi) is 5.70. The Morgan fingerprint density at radius 2 is 1.74 bits per heavy atom. The van der Waals surface area contributed by atoms with Crippen LogP contribution in [0.4, 0.5) is 0 Å². The Hall–Kier alpha value is -1.36. The minimum Gasteiger partial charge on any atom is -0.489 e. The average Bonchev–Trinajstić information content (AvgIpc) is 2.58. The number of hydrogen-bond acceptors (Lipinski definition) is 3. The first kappa shape index (κ1) is 16.5. The van der Waals surface area contributed by atoms with Gasteiger partial charge < -0.3 is 9.64 Å². The van der Waals surface area contributed by atoms with Gasteiger partial charge in [-0.05, 0) is 24.7 Å². The van der Waals surface area contributed by atoms with Crippen LogP contribution in [-0.2, 0) is 13.2 Å². The van der Waals surface area contributed by atoms with Crippen LogP contribution in [0.3, 0.4) is 0 Å². The fourth-order valence-electron chi connectivity index (χ4n) is 2.78. The lowest BCUT2D eigenvalue weighted by atomic mass is 10.1. The molecule has 0 aliphatic carbocycles. The van der Waals surface area contributed by atoms with Crippen molar-refractivity contribution in [3.8, 4) is 5.75 Å². The number of rotatable bonds is 5. The van der Waals surface area contributed by atoms with E-state index in [4.69, 9.17) is 4.74 Å². The Morgan fingerprint density at radius 1 is 1.00 bits per heavy atom. The van der Waals surface area contributed by atoms with E-state index >= 15 is 0 Å². The minimum atomic E-state index is 0.604. The summed E-state index contributed by atoms with van der Waals surface area (Å²) in [6.45, 7) is 6.06. The Labute approximate surface area is 147 Å². The van der Waals surface area contributed by atoms with Crippen molar-refractivity contribution in [2.75, 3.05) is 33.2 Å². The Balaban J connectivity index is 1.67. The summed E-state index contributed by atoms with van der Waals surface area (Å²) in [5.74, 6) is 0.974. The highest BCUT2D eigenvalue weighted by Gasteiger charge is 2.16. The van der Waals surface area contributed by atoms with Gasteiger partial charge in [-0.25, -0.2) is 0 Å². The van der Waals surface area contributed by atoms with Gasteiger partial charge in [0, 0.05) is 42.8 Å². The molecule has 0 radical (unpaired) electrons. The summed E-state index contributed by atoms with van der Waals surface area (Å²) in [6.07, 6.45) is 0. The van der Waals surface area contributed by atoms with Crippen molar-refractivity contribution < 1.29 is 4.74 Å². The van der Waals surface area contributed by atoms with Gasteiger partial charge in [-0.3, -0.25) is 4.90 Å². The van der Waals surface area contributed by atoms with Crippen LogP contribution in [0.2, 0.25) is 0 Å². The molecule has 1 aliphatic rings. The van der Waals surface area contributed by atoms with Gasteiger partial charge in [0.25, 0.3) is 0 Å². The maximum Gasteiger partial charge on any atom is 0.125 e. The van der Waals surface area contributed by atoms with E-state index in [2.05, 4.69) is 63.1 Å². The number of hydrogen-bond donors (Lipinski definition) is 0. The molecule has 0 saturated carbocycles. The molecular weight excluding hydrogens is 352 g/mol. The molecule has 122 valence electrons. The van der Waals surface area contributed by atoms with Crippen molar-refractivity contribution in [3.05, 3.63) is 64.1 Å².